The molecule has 0 aliphatic rings. The number of hydrogen-bond donors (Lipinski definition) is 1. The number of hydrogen-bond acceptors (Lipinski definition) is 4. The highest BCUT2D eigenvalue weighted by Crippen LogP contribution is 2.37. The summed E-state index contributed by atoms with van der Waals surface area (Å²) in [5.74, 6) is 0.290. The first-order valence-corrected chi connectivity index (χ1v) is 6.37. The third-order valence-electron chi connectivity index (χ3n) is 2.65. The van der Waals surface area contributed by atoms with Crippen LogP contribution in [0.25, 0.3) is 0 Å². The van der Waals surface area contributed by atoms with Crippen molar-refractivity contribution in [1.82, 2.24) is 9.97 Å². The fourth-order valence-corrected chi connectivity index (χ4v) is 1.78. The van der Waals surface area contributed by atoms with E-state index in [0.717, 1.165) is 12.5 Å². The van der Waals surface area contributed by atoms with Crippen LogP contribution in [0.3, 0.4) is 0 Å². The second-order valence-electron chi connectivity index (χ2n) is 4.39. The molecule has 2 rings (SSSR count). The lowest BCUT2D eigenvalue weighted by Gasteiger charge is -2.13. The standard InChI is InChI=1S/C14H14F3N3O/c1-2-5-12-19-11(18)8-13(20-12)21-10-7-4-3-6-9(10)14(15,16)17/h3-4,6-8H,2,5H2,1H3,(H2,18,19,20). The van der Waals surface area contributed by atoms with Crippen molar-refractivity contribution < 1.29 is 17.9 Å². The fourth-order valence-electron chi connectivity index (χ4n) is 1.78. The Morgan fingerprint density at radius 2 is 1.90 bits per heavy atom. The second-order valence-corrected chi connectivity index (χ2v) is 4.39. The molecule has 0 bridgehead atoms. The van der Waals surface area contributed by atoms with Crippen molar-refractivity contribution in [2.45, 2.75) is 25.9 Å². The van der Waals surface area contributed by atoms with Gasteiger partial charge in [-0.25, -0.2) is 4.98 Å². The van der Waals surface area contributed by atoms with Crippen molar-refractivity contribution in [3.05, 3.63) is 41.7 Å². The van der Waals surface area contributed by atoms with E-state index in [1.807, 2.05) is 6.92 Å². The van der Waals surface area contributed by atoms with Gasteiger partial charge in [0.05, 0.1) is 5.56 Å². The van der Waals surface area contributed by atoms with Crippen LogP contribution < -0.4 is 10.5 Å². The zero-order valence-electron chi connectivity index (χ0n) is 11.3. The number of halogens is 3. The Kier molecular flexibility index (Phi) is 4.30. The van der Waals surface area contributed by atoms with Crippen molar-refractivity contribution in [2.75, 3.05) is 5.73 Å². The first kappa shape index (κ1) is 15.1. The highest BCUT2D eigenvalue weighted by Gasteiger charge is 2.34. The van der Waals surface area contributed by atoms with E-state index in [9.17, 15) is 13.2 Å². The Hall–Kier alpha value is -2.31. The van der Waals surface area contributed by atoms with Crippen LogP contribution in [0.1, 0.15) is 24.7 Å². The molecule has 4 nitrogen and oxygen atoms in total. The van der Waals surface area contributed by atoms with E-state index in [1.165, 1.54) is 24.3 Å². The van der Waals surface area contributed by atoms with E-state index >= 15 is 0 Å². The molecule has 0 radical (unpaired) electrons. The number of nitrogen functional groups attached to an aromatic ring is 1. The zero-order valence-corrected chi connectivity index (χ0v) is 11.3. The summed E-state index contributed by atoms with van der Waals surface area (Å²) < 4.78 is 43.9. The van der Waals surface area contributed by atoms with Crippen molar-refractivity contribution in [3.63, 3.8) is 0 Å². The lowest BCUT2D eigenvalue weighted by atomic mass is 10.2. The molecule has 0 unspecified atom stereocenters. The summed E-state index contributed by atoms with van der Waals surface area (Å²) in [6, 6.07) is 6.24. The van der Waals surface area contributed by atoms with Gasteiger partial charge in [-0.05, 0) is 18.6 Å². The Bertz CT molecular complexity index is 629. The van der Waals surface area contributed by atoms with Crippen LogP contribution in [0, 0.1) is 0 Å². The molecule has 1 aromatic heterocycles. The largest absolute Gasteiger partial charge is 0.438 e. The first-order valence-electron chi connectivity index (χ1n) is 6.37. The summed E-state index contributed by atoms with van der Waals surface area (Å²) in [7, 11) is 0. The van der Waals surface area contributed by atoms with Gasteiger partial charge in [-0.1, -0.05) is 19.1 Å². The number of ether oxygens (including phenoxy) is 1. The van der Waals surface area contributed by atoms with E-state index in [-0.39, 0.29) is 17.4 Å². The SMILES string of the molecule is CCCc1nc(N)cc(Oc2ccccc2C(F)(F)F)n1. The molecular weight excluding hydrogens is 283 g/mol. The minimum Gasteiger partial charge on any atom is -0.438 e. The van der Waals surface area contributed by atoms with E-state index in [1.54, 1.807) is 0 Å². The predicted octanol–water partition coefficient (Wildman–Crippen LogP) is 3.82. The maximum atomic E-state index is 12.9. The smallest absolute Gasteiger partial charge is 0.419 e. The number of nitrogens with zero attached hydrogens (tertiary/aromatic N) is 2. The van der Waals surface area contributed by atoms with Crippen molar-refractivity contribution in [1.29, 1.82) is 0 Å². The van der Waals surface area contributed by atoms with Gasteiger partial charge in [0, 0.05) is 12.5 Å². The van der Waals surface area contributed by atoms with Gasteiger partial charge in [0.25, 0.3) is 0 Å². The maximum Gasteiger partial charge on any atom is 0.419 e. The molecule has 0 saturated carbocycles. The molecule has 0 saturated heterocycles. The van der Waals surface area contributed by atoms with Crippen LogP contribution in [0.4, 0.5) is 19.0 Å². The molecule has 0 spiro atoms. The van der Waals surface area contributed by atoms with Gasteiger partial charge in [0.1, 0.15) is 17.4 Å². The van der Waals surface area contributed by atoms with Crippen molar-refractivity contribution in [3.8, 4) is 11.6 Å². The molecule has 0 aliphatic heterocycles. The van der Waals surface area contributed by atoms with Crippen LogP contribution >= 0.6 is 0 Å². The fraction of sp³-hybridized carbons (Fsp3) is 0.286. The number of aromatic nitrogens is 2. The van der Waals surface area contributed by atoms with Crippen LogP contribution in [-0.4, -0.2) is 9.97 Å². The number of para-hydroxylation sites is 1. The summed E-state index contributed by atoms with van der Waals surface area (Å²) in [4.78, 5) is 8.06. The molecule has 0 amide bonds. The summed E-state index contributed by atoms with van der Waals surface area (Å²) in [5.41, 5.74) is 4.75. The number of rotatable bonds is 4. The Labute approximate surface area is 119 Å². The molecule has 7 heteroatoms. The van der Waals surface area contributed by atoms with E-state index < -0.39 is 11.7 Å². The lowest BCUT2D eigenvalue weighted by molar-refractivity contribution is -0.138. The third-order valence-corrected chi connectivity index (χ3v) is 2.65. The van der Waals surface area contributed by atoms with Gasteiger partial charge in [0.15, 0.2) is 0 Å². The Morgan fingerprint density at radius 3 is 2.57 bits per heavy atom. The molecule has 112 valence electrons. The van der Waals surface area contributed by atoms with Gasteiger partial charge >= 0.3 is 6.18 Å². The minimum absolute atomic E-state index is 0.00245. The minimum atomic E-state index is -4.50. The number of benzene rings is 1. The predicted molar refractivity (Wildman–Crippen MR) is 72.0 cm³/mol. The van der Waals surface area contributed by atoms with E-state index in [4.69, 9.17) is 10.5 Å². The topological polar surface area (TPSA) is 61.0 Å². The van der Waals surface area contributed by atoms with Crippen LogP contribution in [0.5, 0.6) is 11.6 Å². The maximum absolute atomic E-state index is 12.9. The van der Waals surface area contributed by atoms with Crippen LogP contribution in [-0.2, 0) is 12.6 Å². The third kappa shape index (κ3) is 3.84. The number of aryl methyl sites for hydroxylation is 1. The number of anilines is 1. The van der Waals surface area contributed by atoms with Gasteiger partial charge in [0.2, 0.25) is 5.88 Å². The van der Waals surface area contributed by atoms with Crippen LogP contribution in [0.15, 0.2) is 30.3 Å². The number of alkyl halides is 3. The van der Waals surface area contributed by atoms with E-state index in [0.29, 0.717) is 12.2 Å². The molecule has 0 fully saturated rings. The molecule has 0 atom stereocenters. The van der Waals surface area contributed by atoms with E-state index in [2.05, 4.69) is 9.97 Å². The van der Waals surface area contributed by atoms with Crippen molar-refractivity contribution >= 4 is 5.82 Å². The normalized spacial score (nSPS) is 11.4. The molecule has 21 heavy (non-hydrogen) atoms. The zero-order chi connectivity index (χ0) is 15.5. The average molecular weight is 297 g/mol. The summed E-state index contributed by atoms with van der Waals surface area (Å²) >= 11 is 0. The van der Waals surface area contributed by atoms with Crippen LogP contribution in [0.2, 0.25) is 0 Å². The van der Waals surface area contributed by atoms with Gasteiger partial charge in [-0.3, -0.25) is 0 Å². The Morgan fingerprint density at radius 1 is 1.19 bits per heavy atom. The summed E-state index contributed by atoms with van der Waals surface area (Å²) in [6.07, 6.45) is -3.13. The molecular formula is C14H14F3N3O. The van der Waals surface area contributed by atoms with Gasteiger partial charge in [-0.15, -0.1) is 0 Å². The van der Waals surface area contributed by atoms with Crippen molar-refractivity contribution in [2.24, 2.45) is 0 Å². The molecule has 2 aromatic rings. The van der Waals surface area contributed by atoms with Gasteiger partial charge in [-0.2, -0.15) is 18.2 Å². The second kappa shape index (κ2) is 5.99. The number of nitrogens with two attached hydrogens (primary N) is 1. The molecule has 0 aliphatic carbocycles. The average Bonchev–Trinajstić information content (AvgIpc) is 2.37. The molecule has 1 heterocycles. The van der Waals surface area contributed by atoms with Gasteiger partial charge < -0.3 is 10.5 Å². The lowest BCUT2D eigenvalue weighted by Crippen LogP contribution is -2.08. The highest BCUT2D eigenvalue weighted by atomic mass is 19.4. The quantitative estimate of drug-likeness (QED) is 0.931. The summed E-state index contributed by atoms with van der Waals surface area (Å²) in [6.45, 7) is 1.94. The monoisotopic (exact) mass is 297 g/mol. The highest BCUT2D eigenvalue weighted by molar-refractivity contribution is 5.40. The molecule has 1 aromatic carbocycles. The molecule has 2 N–H and O–H groups in total. The Balaban J connectivity index is 2.35. The summed E-state index contributed by atoms with van der Waals surface area (Å²) in [5, 5.41) is 0. The first-order chi connectivity index (χ1) is 9.90.